The molecule has 0 saturated carbocycles. The van der Waals surface area contributed by atoms with Crippen LogP contribution < -0.4 is 5.73 Å². The smallest absolute Gasteiger partial charge is 0.340 e. The maximum absolute atomic E-state index is 11.8. The second kappa shape index (κ2) is 8.75. The Morgan fingerprint density at radius 1 is 1.30 bits per heavy atom. The number of amides is 1. The first-order chi connectivity index (χ1) is 12.5. The zero-order chi connectivity index (χ0) is 20.4. The highest BCUT2D eigenvalue weighted by molar-refractivity contribution is 7.70. The minimum Gasteiger partial charge on any atom is -0.376 e. The highest BCUT2D eigenvalue weighted by Gasteiger charge is 2.48. The van der Waals surface area contributed by atoms with Crippen LogP contribution in [-0.2, 0) is 27.9 Å². The van der Waals surface area contributed by atoms with Crippen LogP contribution in [0, 0.1) is 0 Å². The quantitative estimate of drug-likeness (QED) is 0.375. The van der Waals surface area contributed by atoms with Crippen molar-refractivity contribution in [3.63, 3.8) is 0 Å². The van der Waals surface area contributed by atoms with Crippen LogP contribution in [-0.4, -0.2) is 70.6 Å². The predicted molar refractivity (Wildman–Crippen MR) is 92.5 cm³/mol. The lowest BCUT2D eigenvalue weighted by Crippen LogP contribution is -2.36. The Labute approximate surface area is 158 Å². The summed E-state index contributed by atoms with van der Waals surface area (Å²) in [5.74, 6) is -2.01. The number of rotatable bonds is 9. The third-order valence-electron chi connectivity index (χ3n) is 3.68. The molecule has 5 atom stereocenters. The molecule has 0 aliphatic carbocycles. The molecule has 12 nitrogen and oxygen atoms in total. The van der Waals surface area contributed by atoms with Gasteiger partial charge in [0, 0.05) is 19.6 Å². The van der Waals surface area contributed by atoms with E-state index >= 15 is 0 Å². The number of aromatic nitrogens is 1. The van der Waals surface area contributed by atoms with Crippen LogP contribution in [0.5, 0.6) is 0 Å². The minimum atomic E-state index is -4.74. The summed E-state index contributed by atoms with van der Waals surface area (Å²) in [5, 5.41) is 1.85. The Morgan fingerprint density at radius 2 is 1.93 bits per heavy atom. The molecule has 154 valence electrons. The number of carbonyl (C=O) groups excluding carboxylic acids is 1. The van der Waals surface area contributed by atoms with E-state index in [0.29, 0.717) is 5.01 Å². The number of primary amides is 1. The van der Waals surface area contributed by atoms with Crippen LogP contribution >= 0.6 is 26.5 Å². The first-order valence-corrected chi connectivity index (χ1v) is 11.9. The van der Waals surface area contributed by atoms with Crippen molar-refractivity contribution < 1.29 is 47.3 Å². The van der Waals surface area contributed by atoms with Gasteiger partial charge in [-0.25, -0.2) is 4.98 Å². The highest BCUT2D eigenvalue weighted by Crippen LogP contribution is 2.55. The van der Waals surface area contributed by atoms with Crippen molar-refractivity contribution >= 4 is 32.4 Å². The number of nitrogens with two attached hydrogens (primary N) is 1. The first-order valence-electron chi connectivity index (χ1n) is 7.44. The van der Waals surface area contributed by atoms with Gasteiger partial charge in [-0.1, -0.05) is 0 Å². The lowest BCUT2D eigenvalue weighted by Gasteiger charge is -2.22. The standard InChI is InChI=1S/C12H20N2O10P2S/c1-21-8-7(3-23-26(19,20)5-25(16,17)18)24-10(9(8)22-2)12-14-6(4-27-12)11(13)15/h4,7-10H,3,5H2,1-2H3,(H2,13,15)(H,19,20)(H2,16,17,18)/t7-,8+,9?,10-/m1/s1. The van der Waals surface area contributed by atoms with Gasteiger partial charge in [-0.05, 0) is 0 Å². The van der Waals surface area contributed by atoms with E-state index in [1.807, 2.05) is 0 Å². The fraction of sp³-hybridized carbons (Fsp3) is 0.667. The Bertz CT molecular complexity index is 767. The lowest BCUT2D eigenvalue weighted by atomic mass is 10.1. The van der Waals surface area contributed by atoms with Crippen molar-refractivity contribution in [2.75, 3.05) is 26.7 Å². The van der Waals surface area contributed by atoms with Gasteiger partial charge in [-0.2, -0.15) is 0 Å². The summed E-state index contributed by atoms with van der Waals surface area (Å²) in [7, 11) is -6.51. The van der Waals surface area contributed by atoms with Gasteiger partial charge in [-0.15, -0.1) is 11.3 Å². The van der Waals surface area contributed by atoms with E-state index < -0.39 is 58.0 Å². The van der Waals surface area contributed by atoms with E-state index in [1.165, 1.54) is 19.6 Å². The van der Waals surface area contributed by atoms with Crippen LogP contribution in [0.25, 0.3) is 0 Å². The zero-order valence-corrected chi connectivity index (χ0v) is 16.9. The summed E-state index contributed by atoms with van der Waals surface area (Å²) >= 11 is 1.12. The van der Waals surface area contributed by atoms with Crippen molar-refractivity contribution in [1.29, 1.82) is 0 Å². The number of thiazole rings is 1. The van der Waals surface area contributed by atoms with E-state index in [1.54, 1.807) is 0 Å². The van der Waals surface area contributed by atoms with E-state index in [4.69, 9.17) is 34.3 Å². The molecule has 1 aliphatic rings. The molecule has 1 saturated heterocycles. The molecule has 5 N–H and O–H groups in total. The molecule has 1 fully saturated rings. The van der Waals surface area contributed by atoms with E-state index in [2.05, 4.69) is 4.98 Å². The predicted octanol–water partition coefficient (Wildman–Crippen LogP) is 0.0491. The number of nitrogens with zero attached hydrogens (tertiary/aromatic N) is 1. The van der Waals surface area contributed by atoms with Crippen LogP contribution in [0.3, 0.4) is 0 Å². The van der Waals surface area contributed by atoms with Crippen molar-refractivity contribution in [1.82, 2.24) is 4.98 Å². The summed E-state index contributed by atoms with van der Waals surface area (Å²) in [4.78, 5) is 42.6. The Hall–Kier alpha value is -0.720. The second-order valence-electron chi connectivity index (χ2n) is 5.67. The number of hydrogen-bond donors (Lipinski definition) is 4. The van der Waals surface area contributed by atoms with Crippen LogP contribution in [0.2, 0.25) is 0 Å². The van der Waals surface area contributed by atoms with Crippen LogP contribution in [0.15, 0.2) is 5.38 Å². The molecular weight excluding hydrogens is 426 g/mol. The molecule has 27 heavy (non-hydrogen) atoms. The number of carbonyl (C=O) groups is 1. The number of methoxy groups -OCH3 is 2. The van der Waals surface area contributed by atoms with Gasteiger partial charge in [0.05, 0.1) is 6.61 Å². The monoisotopic (exact) mass is 446 g/mol. The summed E-state index contributed by atoms with van der Waals surface area (Å²) in [6.45, 7) is -0.475. The van der Waals surface area contributed by atoms with E-state index in [9.17, 15) is 18.8 Å². The van der Waals surface area contributed by atoms with Gasteiger partial charge in [0.15, 0.2) is 5.90 Å². The third kappa shape index (κ3) is 5.88. The van der Waals surface area contributed by atoms with Crippen molar-refractivity contribution in [3.05, 3.63) is 16.1 Å². The molecule has 1 aromatic heterocycles. The topological polar surface area (TPSA) is 188 Å². The van der Waals surface area contributed by atoms with Gasteiger partial charge in [0.1, 0.15) is 35.1 Å². The van der Waals surface area contributed by atoms with Crippen LogP contribution in [0.4, 0.5) is 0 Å². The molecule has 2 unspecified atom stereocenters. The number of ether oxygens (including phenoxy) is 3. The van der Waals surface area contributed by atoms with Gasteiger partial charge >= 0.3 is 15.2 Å². The van der Waals surface area contributed by atoms with Gasteiger partial charge in [0.2, 0.25) is 0 Å². The summed E-state index contributed by atoms with van der Waals surface area (Å²) in [5.41, 5.74) is 5.24. The molecular formula is C12H20N2O10P2S. The average Bonchev–Trinajstić information content (AvgIpc) is 3.14. The normalized spacial score (nSPS) is 28.2. The highest BCUT2D eigenvalue weighted by atomic mass is 32.1. The average molecular weight is 446 g/mol. The van der Waals surface area contributed by atoms with Crippen molar-refractivity contribution in [3.8, 4) is 0 Å². The van der Waals surface area contributed by atoms with Crippen LogP contribution in [0.1, 0.15) is 21.6 Å². The van der Waals surface area contributed by atoms with Gasteiger partial charge in [0.25, 0.3) is 5.91 Å². The summed E-state index contributed by atoms with van der Waals surface area (Å²) in [6.07, 6.45) is -3.04. The minimum absolute atomic E-state index is 0.0589. The molecule has 15 heteroatoms. The first kappa shape index (κ1) is 22.6. The summed E-state index contributed by atoms with van der Waals surface area (Å²) < 4.78 is 44.0. The molecule has 1 aromatic rings. The molecule has 1 aliphatic heterocycles. The second-order valence-corrected chi connectivity index (χ2v) is 10.6. The molecule has 0 aromatic carbocycles. The SMILES string of the molecule is COC1[C@@H](OC)[C@@H](COP(=O)(O)CP(=O)(O)O)O[C@H]1c1nc(C(N)=O)cs1. The van der Waals surface area contributed by atoms with Gasteiger partial charge in [-0.3, -0.25) is 13.9 Å². The van der Waals surface area contributed by atoms with E-state index in [0.717, 1.165) is 11.3 Å². The fourth-order valence-corrected chi connectivity index (χ4v) is 6.04. The largest absolute Gasteiger partial charge is 0.376 e. The Morgan fingerprint density at radius 3 is 2.41 bits per heavy atom. The molecule has 2 heterocycles. The summed E-state index contributed by atoms with van der Waals surface area (Å²) in [6, 6.07) is 0. The zero-order valence-electron chi connectivity index (χ0n) is 14.3. The van der Waals surface area contributed by atoms with Crippen molar-refractivity contribution in [2.45, 2.75) is 24.4 Å². The van der Waals surface area contributed by atoms with Crippen molar-refractivity contribution in [2.24, 2.45) is 5.73 Å². The van der Waals surface area contributed by atoms with E-state index in [-0.39, 0.29) is 5.69 Å². The third-order valence-corrected chi connectivity index (χ3v) is 8.04. The molecule has 0 bridgehead atoms. The Balaban J connectivity index is 2.14. The lowest BCUT2D eigenvalue weighted by molar-refractivity contribution is -0.0371. The fourth-order valence-electron chi connectivity index (χ4n) is 2.60. The molecule has 2 rings (SSSR count). The molecule has 0 radical (unpaired) electrons. The molecule has 1 amide bonds. The molecule has 0 spiro atoms. The maximum Gasteiger partial charge on any atom is 0.340 e. The van der Waals surface area contributed by atoms with Gasteiger partial charge < -0.3 is 39.1 Å². The Kier molecular flexibility index (Phi) is 7.31. The maximum atomic E-state index is 11.8. The number of hydrogen-bond acceptors (Lipinski definition) is 9.